The summed E-state index contributed by atoms with van der Waals surface area (Å²) < 4.78 is 65.6. The van der Waals surface area contributed by atoms with E-state index in [-0.39, 0.29) is 45.4 Å². The zero-order chi connectivity index (χ0) is 35.3. The average Bonchev–Trinajstić information content (AvgIpc) is 3.01. The molecule has 0 saturated carbocycles. The predicted octanol–water partition coefficient (Wildman–Crippen LogP) is 6.88. The van der Waals surface area contributed by atoms with E-state index in [1.165, 1.54) is 37.4 Å². The summed E-state index contributed by atoms with van der Waals surface area (Å²) in [4.78, 5) is 38.1. The molecular formula is C30H30Cl2F3N5O7Si. The van der Waals surface area contributed by atoms with Crippen molar-refractivity contribution in [2.75, 3.05) is 31.5 Å². The van der Waals surface area contributed by atoms with Crippen molar-refractivity contribution in [3.63, 3.8) is 0 Å². The Morgan fingerprint density at radius 3 is 2.21 bits per heavy atom. The molecule has 0 bridgehead atoms. The smallest absolute Gasteiger partial charge is 0.354 e. The number of benzene rings is 3. The Balaban J connectivity index is 1.55. The first-order valence-electron chi connectivity index (χ1n) is 14.0. The third-order valence-electron chi connectivity index (χ3n) is 6.61. The number of hydrogen-bond acceptors (Lipinski definition) is 8. The minimum atomic E-state index is -1.62. The maximum absolute atomic E-state index is 14.4. The number of ether oxygens (including phenoxy) is 4. The zero-order valence-electron chi connectivity index (χ0n) is 26.3. The Morgan fingerprint density at radius 2 is 1.58 bits per heavy atom. The van der Waals surface area contributed by atoms with Crippen molar-refractivity contribution >= 4 is 48.7 Å². The summed E-state index contributed by atoms with van der Waals surface area (Å²) in [5.41, 5.74) is -2.07. The van der Waals surface area contributed by atoms with Crippen molar-refractivity contribution in [3.05, 3.63) is 90.9 Å². The van der Waals surface area contributed by atoms with Crippen LogP contribution in [0.4, 0.5) is 29.3 Å². The van der Waals surface area contributed by atoms with Crippen molar-refractivity contribution in [2.24, 2.45) is 0 Å². The van der Waals surface area contributed by atoms with Crippen LogP contribution >= 0.6 is 23.2 Å². The van der Waals surface area contributed by atoms with E-state index in [9.17, 15) is 27.6 Å². The molecule has 0 aliphatic rings. The highest BCUT2D eigenvalue weighted by Crippen LogP contribution is 2.40. The molecule has 48 heavy (non-hydrogen) atoms. The Bertz CT molecular complexity index is 1950. The number of carbonyl (C=O) groups excluding carboxylic acids is 1. The number of aromatic nitrogens is 3. The molecule has 0 unspecified atom stereocenters. The zero-order valence-corrected chi connectivity index (χ0v) is 28.8. The second kappa shape index (κ2) is 15.1. The molecule has 2 amide bonds. The average molecular weight is 729 g/mol. The van der Waals surface area contributed by atoms with E-state index in [4.69, 9.17) is 37.4 Å². The van der Waals surface area contributed by atoms with E-state index in [1.807, 2.05) is 5.32 Å². The molecule has 0 aliphatic heterocycles. The van der Waals surface area contributed by atoms with Crippen molar-refractivity contribution < 1.29 is 36.9 Å². The number of amides is 2. The molecule has 3 aromatic carbocycles. The molecule has 1 aromatic heterocycles. The quantitative estimate of drug-likeness (QED) is 0.0916. The summed E-state index contributed by atoms with van der Waals surface area (Å²) in [6.45, 7) is 6.65. The van der Waals surface area contributed by atoms with Crippen LogP contribution in [0, 0.1) is 17.5 Å². The summed E-state index contributed by atoms with van der Waals surface area (Å²) in [6.07, 6.45) is 0.966. The second-order valence-electron chi connectivity index (χ2n) is 11.3. The highest BCUT2D eigenvalue weighted by Gasteiger charge is 2.22. The first-order chi connectivity index (χ1) is 22.6. The number of carbonyl (C=O) groups is 1. The highest BCUT2D eigenvalue weighted by molar-refractivity contribution is 6.76. The van der Waals surface area contributed by atoms with E-state index in [0.717, 1.165) is 28.6 Å². The van der Waals surface area contributed by atoms with Gasteiger partial charge in [0.15, 0.2) is 23.1 Å². The molecule has 4 rings (SSSR count). The van der Waals surface area contributed by atoms with Gasteiger partial charge in [0.05, 0.1) is 41.3 Å². The van der Waals surface area contributed by atoms with E-state index in [0.29, 0.717) is 12.7 Å². The monoisotopic (exact) mass is 727 g/mol. The van der Waals surface area contributed by atoms with Crippen molar-refractivity contribution in [1.82, 2.24) is 14.3 Å². The highest BCUT2D eigenvalue weighted by atomic mass is 35.5. The molecule has 4 aromatic rings. The molecule has 0 fully saturated rings. The van der Waals surface area contributed by atoms with E-state index >= 15 is 0 Å². The van der Waals surface area contributed by atoms with Gasteiger partial charge in [0.2, 0.25) is 5.82 Å². The number of nitrogens with one attached hydrogen (secondary N) is 2. The maximum Gasteiger partial charge on any atom is 0.354 e. The summed E-state index contributed by atoms with van der Waals surface area (Å²) >= 11 is 13.0. The van der Waals surface area contributed by atoms with E-state index in [2.05, 4.69) is 34.8 Å². The van der Waals surface area contributed by atoms with Crippen LogP contribution in [0.3, 0.4) is 0 Å². The van der Waals surface area contributed by atoms with Gasteiger partial charge in [-0.15, -0.1) is 0 Å². The Kier molecular flexibility index (Phi) is 11.5. The van der Waals surface area contributed by atoms with Gasteiger partial charge in [-0.2, -0.15) is 14.2 Å². The molecule has 0 atom stereocenters. The van der Waals surface area contributed by atoms with Crippen LogP contribution in [0.5, 0.6) is 23.0 Å². The number of rotatable bonds is 12. The molecule has 1 heterocycles. The van der Waals surface area contributed by atoms with Gasteiger partial charge < -0.3 is 29.6 Å². The molecule has 256 valence electrons. The fourth-order valence-electron chi connectivity index (χ4n) is 4.13. The van der Waals surface area contributed by atoms with Crippen molar-refractivity contribution in [1.29, 1.82) is 0 Å². The van der Waals surface area contributed by atoms with Gasteiger partial charge in [0.25, 0.3) is 5.56 Å². The van der Waals surface area contributed by atoms with Crippen LogP contribution < -0.4 is 36.1 Å². The third kappa shape index (κ3) is 8.49. The van der Waals surface area contributed by atoms with Gasteiger partial charge in [0.1, 0.15) is 24.4 Å². The molecule has 0 radical (unpaired) electrons. The second-order valence-corrected chi connectivity index (χ2v) is 17.7. The van der Waals surface area contributed by atoms with Gasteiger partial charge in [0, 0.05) is 26.8 Å². The lowest BCUT2D eigenvalue weighted by Gasteiger charge is -2.16. The standard InChI is InChI=1S/C30H30Cl2F3N5O7Si/c1-44-23-7-6-17(12-21(23)37-29(42)38-22-13-20(33)28(45-2)26(35)25(22)34)47-27-18(31)10-16(11-19(27)32)40-30(43)39(24(41)14-36-40)15-46-8-9-48(3,4)5/h6-7,10-14H,8-9,15H2,1-5H3,(H2,37,38,42). The summed E-state index contributed by atoms with van der Waals surface area (Å²) in [5, 5.41) is 8.24. The van der Waals surface area contributed by atoms with Gasteiger partial charge >= 0.3 is 11.7 Å². The van der Waals surface area contributed by atoms with Crippen LogP contribution in [0.15, 0.2) is 52.2 Å². The lowest BCUT2D eigenvalue weighted by Crippen LogP contribution is -2.41. The molecule has 0 saturated heterocycles. The number of methoxy groups -OCH3 is 2. The lowest BCUT2D eigenvalue weighted by atomic mass is 10.2. The van der Waals surface area contributed by atoms with Crippen LogP contribution in [0.1, 0.15) is 0 Å². The summed E-state index contributed by atoms with van der Waals surface area (Å²) in [7, 11) is 0.894. The Morgan fingerprint density at radius 1 is 0.917 bits per heavy atom. The van der Waals surface area contributed by atoms with Crippen LogP contribution in [0.2, 0.25) is 35.7 Å². The molecule has 12 nitrogen and oxygen atoms in total. The maximum atomic E-state index is 14.4. The fraction of sp³-hybridized carbons (Fsp3) is 0.267. The number of nitrogens with zero attached hydrogens (tertiary/aromatic N) is 3. The largest absolute Gasteiger partial charge is 0.495 e. The number of halogens is 5. The number of hydrogen-bond donors (Lipinski definition) is 2. The SMILES string of the molecule is COc1ccc(Oc2c(Cl)cc(-n3ncc(=O)n(COCC[Si](C)(C)C)c3=O)cc2Cl)cc1NC(=O)Nc1cc(F)c(OC)c(F)c1F. The fourth-order valence-corrected chi connectivity index (χ4v) is 5.44. The van der Waals surface area contributed by atoms with Crippen LogP contribution in [-0.4, -0.2) is 49.3 Å². The predicted molar refractivity (Wildman–Crippen MR) is 177 cm³/mol. The molecule has 0 aliphatic carbocycles. The minimum Gasteiger partial charge on any atom is -0.495 e. The molecule has 2 N–H and O–H groups in total. The molecule has 18 heteroatoms. The Labute approximate surface area is 282 Å². The first kappa shape index (κ1) is 36.3. The van der Waals surface area contributed by atoms with Gasteiger partial charge in [-0.25, -0.2) is 22.9 Å². The third-order valence-corrected chi connectivity index (χ3v) is 8.88. The summed E-state index contributed by atoms with van der Waals surface area (Å²) in [5.74, 6) is -5.14. The van der Waals surface area contributed by atoms with Crippen molar-refractivity contribution in [2.45, 2.75) is 32.4 Å². The van der Waals surface area contributed by atoms with E-state index < -0.39 is 54.2 Å². The number of urea groups is 1. The summed E-state index contributed by atoms with van der Waals surface area (Å²) in [6, 6.07) is 7.21. The van der Waals surface area contributed by atoms with Gasteiger partial charge in [-0.1, -0.05) is 42.8 Å². The normalized spacial score (nSPS) is 11.3. The minimum absolute atomic E-state index is 0.0105. The van der Waals surface area contributed by atoms with Gasteiger partial charge in [-0.3, -0.25) is 4.79 Å². The van der Waals surface area contributed by atoms with E-state index in [1.54, 1.807) is 0 Å². The van der Waals surface area contributed by atoms with Crippen LogP contribution in [-0.2, 0) is 11.5 Å². The first-order valence-corrected chi connectivity index (χ1v) is 18.5. The number of anilines is 2. The van der Waals surface area contributed by atoms with Gasteiger partial charge in [-0.05, 0) is 30.3 Å². The topological polar surface area (TPSA) is 135 Å². The van der Waals surface area contributed by atoms with Crippen LogP contribution in [0.25, 0.3) is 5.69 Å². The lowest BCUT2D eigenvalue weighted by molar-refractivity contribution is 0.0803. The molecule has 0 spiro atoms. The Hall–Kier alpha value is -4.51. The molecular weight excluding hydrogens is 698 g/mol. The van der Waals surface area contributed by atoms with Crippen molar-refractivity contribution in [3.8, 4) is 28.7 Å².